The SMILES string of the molecule is CCSc1ccc(CN2CCC(c3c(C[N+]4([O-])CC[C@H](c5ccccc5)C4)cnn3C3=CCC(F)C=C3)CC2)cc1. The Morgan fingerprint density at radius 2 is 1.80 bits per heavy atom. The van der Waals surface area contributed by atoms with Crippen molar-refractivity contribution in [1.82, 2.24) is 14.7 Å². The first-order valence-corrected chi connectivity index (χ1v) is 16.1. The smallest absolute Gasteiger partial charge is 0.122 e. The Labute approximate surface area is 247 Å². The average Bonchev–Trinajstić information content (AvgIpc) is 3.59. The molecule has 2 fully saturated rings. The molecule has 2 saturated heterocycles. The van der Waals surface area contributed by atoms with Crippen LogP contribution >= 0.6 is 11.8 Å². The van der Waals surface area contributed by atoms with Gasteiger partial charge in [0.2, 0.25) is 0 Å². The van der Waals surface area contributed by atoms with Crippen LogP contribution < -0.4 is 0 Å². The van der Waals surface area contributed by atoms with Crippen LogP contribution in [-0.2, 0) is 13.1 Å². The third-order valence-electron chi connectivity index (χ3n) is 8.94. The molecular formula is C34H41FN4OS. The number of aromatic nitrogens is 2. The lowest BCUT2D eigenvalue weighted by molar-refractivity contribution is -0.882. The third kappa shape index (κ3) is 6.69. The molecule has 3 aliphatic rings. The number of likely N-dealkylation sites (tertiary alicyclic amines) is 2. The van der Waals surface area contributed by atoms with E-state index in [0.29, 0.717) is 37.9 Å². The molecule has 0 N–H and O–H groups in total. The lowest BCUT2D eigenvalue weighted by Gasteiger charge is -2.39. The van der Waals surface area contributed by atoms with Crippen LogP contribution in [0.2, 0.25) is 0 Å². The van der Waals surface area contributed by atoms with Crippen LogP contribution in [0.15, 0.2) is 83.9 Å². The lowest BCUT2D eigenvalue weighted by Crippen LogP contribution is -2.39. The van der Waals surface area contributed by atoms with E-state index >= 15 is 0 Å². The molecule has 0 amide bonds. The Kier molecular flexibility index (Phi) is 8.77. The number of nitrogens with zero attached hydrogens (tertiary/aromatic N) is 4. The summed E-state index contributed by atoms with van der Waals surface area (Å²) >= 11 is 1.88. The topological polar surface area (TPSA) is 44.1 Å². The summed E-state index contributed by atoms with van der Waals surface area (Å²) < 4.78 is 15.7. The maximum atomic E-state index is 14.1. The molecule has 1 aliphatic carbocycles. The van der Waals surface area contributed by atoms with Crippen molar-refractivity contribution in [1.29, 1.82) is 0 Å². The number of piperidine rings is 1. The molecule has 2 unspecified atom stereocenters. The standard InChI is InChI=1S/C34H41FN4OS/c1-2-41-33-14-8-26(9-15-33)23-37-19-16-28(17-20-37)34-30(22-36-38(34)32-12-10-31(35)11-13-32)25-39(40)21-18-29(24-39)27-6-4-3-5-7-27/h3-10,12-15,22,28-29,31H,2,11,16-21,23-25H2,1H3/t29-,31?,39?/m0/s1. The largest absolute Gasteiger partial charge is 0.633 e. The fourth-order valence-electron chi connectivity index (χ4n) is 6.80. The molecule has 5 nitrogen and oxygen atoms in total. The van der Waals surface area contributed by atoms with E-state index in [1.54, 1.807) is 6.08 Å². The van der Waals surface area contributed by atoms with Gasteiger partial charge in [0.05, 0.1) is 30.7 Å². The Balaban J connectivity index is 1.18. The van der Waals surface area contributed by atoms with E-state index in [4.69, 9.17) is 5.10 Å². The molecular weight excluding hydrogens is 531 g/mol. The summed E-state index contributed by atoms with van der Waals surface area (Å²) in [5, 5.41) is 18.9. The van der Waals surface area contributed by atoms with Gasteiger partial charge in [-0.2, -0.15) is 5.10 Å². The Hall–Kier alpha value is -2.71. The summed E-state index contributed by atoms with van der Waals surface area (Å²) in [6.45, 7) is 6.85. The summed E-state index contributed by atoms with van der Waals surface area (Å²) in [6, 6.07) is 19.4. The summed E-state index contributed by atoms with van der Waals surface area (Å²) in [6.07, 6.45) is 9.74. The van der Waals surface area contributed by atoms with E-state index in [1.165, 1.54) is 16.0 Å². The summed E-state index contributed by atoms with van der Waals surface area (Å²) in [5.41, 5.74) is 5.77. The number of halogens is 1. The zero-order valence-corrected chi connectivity index (χ0v) is 24.8. The Morgan fingerprint density at radius 3 is 2.51 bits per heavy atom. The van der Waals surface area contributed by atoms with E-state index in [1.807, 2.05) is 40.9 Å². The third-order valence-corrected chi connectivity index (χ3v) is 9.84. The lowest BCUT2D eigenvalue weighted by atomic mass is 9.90. The molecule has 0 bridgehead atoms. The highest BCUT2D eigenvalue weighted by molar-refractivity contribution is 7.99. The predicted octanol–water partition coefficient (Wildman–Crippen LogP) is 7.52. The van der Waals surface area contributed by atoms with Gasteiger partial charge in [-0.25, -0.2) is 9.07 Å². The van der Waals surface area contributed by atoms with Crippen LogP contribution in [0.25, 0.3) is 5.70 Å². The molecule has 0 spiro atoms. The highest BCUT2D eigenvalue weighted by Gasteiger charge is 2.35. The number of quaternary nitrogens is 1. The van der Waals surface area contributed by atoms with Crippen molar-refractivity contribution in [3.8, 4) is 0 Å². The molecule has 0 saturated carbocycles. The van der Waals surface area contributed by atoms with Gasteiger partial charge in [0.1, 0.15) is 12.7 Å². The molecule has 3 atom stereocenters. The number of hydrogen-bond acceptors (Lipinski definition) is 4. The van der Waals surface area contributed by atoms with Gasteiger partial charge >= 0.3 is 0 Å². The number of benzene rings is 2. The van der Waals surface area contributed by atoms with Crippen LogP contribution in [0.5, 0.6) is 0 Å². The van der Waals surface area contributed by atoms with E-state index in [-0.39, 0.29) is 4.65 Å². The summed E-state index contributed by atoms with van der Waals surface area (Å²) in [5.74, 6) is 1.71. The second kappa shape index (κ2) is 12.7. The maximum Gasteiger partial charge on any atom is 0.122 e. The summed E-state index contributed by atoms with van der Waals surface area (Å²) in [4.78, 5) is 3.87. The first-order chi connectivity index (χ1) is 20.0. The van der Waals surface area contributed by atoms with Crippen LogP contribution in [0, 0.1) is 5.21 Å². The number of alkyl halides is 1. The van der Waals surface area contributed by atoms with E-state index in [2.05, 4.69) is 60.4 Å². The number of allylic oxidation sites excluding steroid dienone is 4. The molecule has 7 heteroatoms. The minimum Gasteiger partial charge on any atom is -0.633 e. The van der Waals surface area contributed by atoms with Crippen LogP contribution in [-0.4, -0.2) is 57.4 Å². The second-order valence-electron chi connectivity index (χ2n) is 11.9. The summed E-state index contributed by atoms with van der Waals surface area (Å²) in [7, 11) is 0. The van der Waals surface area contributed by atoms with Crippen molar-refractivity contribution in [2.24, 2.45) is 0 Å². The van der Waals surface area contributed by atoms with Crippen molar-refractivity contribution in [2.75, 3.05) is 31.9 Å². The van der Waals surface area contributed by atoms with Gasteiger partial charge in [0.25, 0.3) is 0 Å². The van der Waals surface area contributed by atoms with E-state index in [0.717, 1.165) is 61.6 Å². The van der Waals surface area contributed by atoms with Crippen LogP contribution in [0.4, 0.5) is 4.39 Å². The highest BCUT2D eigenvalue weighted by Crippen LogP contribution is 2.38. The van der Waals surface area contributed by atoms with Crippen molar-refractivity contribution in [2.45, 2.75) is 68.6 Å². The molecule has 41 heavy (non-hydrogen) atoms. The number of thioether (sulfide) groups is 1. The Morgan fingerprint density at radius 1 is 1.02 bits per heavy atom. The first-order valence-electron chi connectivity index (χ1n) is 15.2. The Bertz CT molecular complexity index is 1360. The van der Waals surface area contributed by atoms with Crippen molar-refractivity contribution >= 4 is 17.5 Å². The van der Waals surface area contributed by atoms with Crippen LogP contribution in [0.1, 0.15) is 66.8 Å². The minimum atomic E-state index is -0.940. The quantitative estimate of drug-likeness (QED) is 0.151. The number of rotatable bonds is 9. The van der Waals surface area contributed by atoms with Gasteiger partial charge < -0.3 is 9.85 Å². The fourth-order valence-corrected chi connectivity index (χ4v) is 7.46. The maximum absolute atomic E-state index is 14.1. The van der Waals surface area contributed by atoms with Gasteiger partial charge in [0, 0.05) is 41.7 Å². The molecule has 6 rings (SSSR count). The van der Waals surface area contributed by atoms with Crippen molar-refractivity contribution in [3.05, 3.63) is 107 Å². The predicted molar refractivity (Wildman–Crippen MR) is 166 cm³/mol. The average molecular weight is 573 g/mol. The van der Waals surface area contributed by atoms with Gasteiger partial charge in [-0.1, -0.05) is 55.5 Å². The van der Waals surface area contributed by atoms with Gasteiger partial charge in [0.15, 0.2) is 0 Å². The van der Waals surface area contributed by atoms with Crippen molar-refractivity contribution in [3.63, 3.8) is 0 Å². The molecule has 1 aromatic heterocycles. The normalized spacial score (nSPS) is 25.5. The van der Waals surface area contributed by atoms with Gasteiger partial charge in [-0.05, 0) is 67.1 Å². The molecule has 3 aromatic rings. The molecule has 2 aliphatic heterocycles. The number of hydrogen-bond donors (Lipinski definition) is 0. The van der Waals surface area contributed by atoms with Crippen molar-refractivity contribution < 1.29 is 9.04 Å². The molecule has 2 aromatic carbocycles. The zero-order chi connectivity index (χ0) is 28.2. The minimum absolute atomic E-state index is 0.204. The van der Waals surface area contributed by atoms with Crippen LogP contribution in [0.3, 0.4) is 0 Å². The highest BCUT2D eigenvalue weighted by atomic mass is 32.2. The number of hydroxylamine groups is 3. The van der Waals surface area contributed by atoms with Gasteiger partial charge in [-0.3, -0.25) is 4.90 Å². The first kappa shape index (κ1) is 28.4. The second-order valence-corrected chi connectivity index (χ2v) is 13.2. The monoisotopic (exact) mass is 572 g/mol. The fraction of sp³-hybridized carbons (Fsp3) is 0.441. The molecule has 216 valence electrons. The zero-order valence-electron chi connectivity index (χ0n) is 24.0. The molecule has 3 heterocycles. The van der Waals surface area contributed by atoms with Gasteiger partial charge in [-0.15, -0.1) is 11.8 Å². The van der Waals surface area contributed by atoms with E-state index < -0.39 is 6.17 Å². The van der Waals surface area contributed by atoms with E-state index in [9.17, 15) is 9.60 Å². The molecule has 0 radical (unpaired) electrons.